The van der Waals surface area contributed by atoms with Crippen molar-refractivity contribution in [2.45, 2.75) is 58.7 Å². The largest absolute Gasteiger partial charge is 0.391 e. The zero-order valence-electron chi connectivity index (χ0n) is 14.4. The minimum Gasteiger partial charge on any atom is -0.391 e. The van der Waals surface area contributed by atoms with E-state index in [0.717, 1.165) is 52.0 Å². The molecule has 0 spiro atoms. The van der Waals surface area contributed by atoms with E-state index in [1.54, 1.807) is 0 Å². The first kappa shape index (κ1) is 17.7. The number of rotatable bonds is 5. The van der Waals surface area contributed by atoms with Crippen molar-refractivity contribution in [3.8, 4) is 0 Å². The smallest absolute Gasteiger partial charge is 0.222 e. The van der Waals surface area contributed by atoms with Crippen LogP contribution in [0.2, 0.25) is 0 Å². The van der Waals surface area contributed by atoms with Crippen molar-refractivity contribution in [2.75, 3.05) is 39.3 Å². The number of amides is 1. The molecule has 0 aromatic rings. The zero-order valence-corrected chi connectivity index (χ0v) is 14.4. The number of piperazine rings is 1. The van der Waals surface area contributed by atoms with Gasteiger partial charge in [0.25, 0.3) is 0 Å². The quantitative estimate of drug-likeness (QED) is 0.836. The van der Waals surface area contributed by atoms with Gasteiger partial charge in [0.05, 0.1) is 12.2 Å². The summed E-state index contributed by atoms with van der Waals surface area (Å²) >= 11 is 0. The molecule has 0 saturated carbocycles. The van der Waals surface area contributed by atoms with E-state index in [1.807, 2.05) is 4.90 Å². The number of aliphatic hydroxyl groups excluding tert-OH is 1. The summed E-state index contributed by atoms with van der Waals surface area (Å²) in [7, 11) is 0. The Morgan fingerprint density at radius 1 is 1.27 bits per heavy atom. The summed E-state index contributed by atoms with van der Waals surface area (Å²) < 4.78 is 5.58. The van der Waals surface area contributed by atoms with Crippen LogP contribution in [0.4, 0.5) is 0 Å². The predicted molar refractivity (Wildman–Crippen MR) is 86.7 cm³/mol. The molecule has 2 aliphatic rings. The Balaban J connectivity index is 1.66. The molecular weight excluding hydrogens is 280 g/mol. The van der Waals surface area contributed by atoms with Crippen LogP contribution in [0, 0.1) is 5.41 Å². The van der Waals surface area contributed by atoms with E-state index in [2.05, 4.69) is 25.7 Å². The van der Waals surface area contributed by atoms with Gasteiger partial charge in [0.15, 0.2) is 0 Å². The Morgan fingerprint density at radius 2 is 1.95 bits per heavy atom. The molecule has 2 heterocycles. The summed E-state index contributed by atoms with van der Waals surface area (Å²) in [5, 5.41) is 10.2. The third kappa shape index (κ3) is 5.21. The van der Waals surface area contributed by atoms with Crippen LogP contribution in [0.1, 0.15) is 46.5 Å². The van der Waals surface area contributed by atoms with Crippen molar-refractivity contribution in [3.63, 3.8) is 0 Å². The van der Waals surface area contributed by atoms with Crippen LogP contribution >= 0.6 is 0 Å². The summed E-state index contributed by atoms with van der Waals surface area (Å²) in [6.07, 6.45) is 3.68. The fraction of sp³-hybridized carbons (Fsp3) is 0.941. The summed E-state index contributed by atoms with van der Waals surface area (Å²) in [4.78, 5) is 16.5. The van der Waals surface area contributed by atoms with E-state index >= 15 is 0 Å². The minimum absolute atomic E-state index is 0.0891. The van der Waals surface area contributed by atoms with Gasteiger partial charge in [-0.2, -0.15) is 0 Å². The molecule has 2 aliphatic heterocycles. The maximum Gasteiger partial charge on any atom is 0.222 e. The van der Waals surface area contributed by atoms with Crippen molar-refractivity contribution >= 4 is 5.91 Å². The van der Waals surface area contributed by atoms with Crippen molar-refractivity contribution < 1.29 is 14.6 Å². The molecule has 5 nitrogen and oxygen atoms in total. The normalized spacial score (nSPS) is 25.5. The molecule has 0 aromatic carbocycles. The van der Waals surface area contributed by atoms with Gasteiger partial charge in [-0.25, -0.2) is 0 Å². The van der Waals surface area contributed by atoms with Crippen LogP contribution in [-0.2, 0) is 9.53 Å². The topological polar surface area (TPSA) is 53.0 Å². The van der Waals surface area contributed by atoms with E-state index < -0.39 is 0 Å². The maximum atomic E-state index is 12.2. The number of hydrogen-bond acceptors (Lipinski definition) is 4. The second-order valence-electron chi connectivity index (χ2n) is 7.74. The van der Waals surface area contributed by atoms with Gasteiger partial charge >= 0.3 is 0 Å². The van der Waals surface area contributed by atoms with Gasteiger partial charge in [-0.15, -0.1) is 0 Å². The second kappa shape index (κ2) is 7.75. The first-order valence-electron chi connectivity index (χ1n) is 8.66. The molecule has 2 saturated heterocycles. The molecule has 128 valence electrons. The number of nitrogens with zero attached hydrogens (tertiary/aromatic N) is 2. The van der Waals surface area contributed by atoms with Crippen LogP contribution in [0.15, 0.2) is 0 Å². The standard InChI is InChI=1S/C17H32N2O3/c1-17(2,3)15(20)13-18-8-10-19(11-9-18)16(21)7-6-14-5-4-12-22-14/h14-15,20H,4-13H2,1-3H3/t14-,15+/m0/s1. The lowest BCUT2D eigenvalue weighted by Crippen LogP contribution is -2.51. The molecule has 1 N–H and O–H groups in total. The molecule has 0 unspecified atom stereocenters. The molecule has 2 fully saturated rings. The average molecular weight is 312 g/mol. The van der Waals surface area contributed by atoms with Crippen molar-refractivity contribution in [1.82, 2.24) is 9.80 Å². The third-order valence-corrected chi connectivity index (χ3v) is 4.86. The van der Waals surface area contributed by atoms with Crippen LogP contribution in [0.3, 0.4) is 0 Å². The first-order chi connectivity index (χ1) is 10.4. The van der Waals surface area contributed by atoms with Gasteiger partial charge in [-0.3, -0.25) is 9.69 Å². The van der Waals surface area contributed by atoms with Crippen LogP contribution in [-0.4, -0.2) is 72.4 Å². The van der Waals surface area contributed by atoms with Gasteiger partial charge in [-0.1, -0.05) is 20.8 Å². The number of carbonyl (C=O) groups excluding carboxylic acids is 1. The molecule has 1 amide bonds. The molecule has 2 rings (SSSR count). The summed E-state index contributed by atoms with van der Waals surface area (Å²) in [6, 6.07) is 0. The van der Waals surface area contributed by atoms with Gasteiger partial charge < -0.3 is 14.7 Å². The van der Waals surface area contributed by atoms with E-state index in [0.29, 0.717) is 19.1 Å². The molecule has 0 radical (unpaired) electrons. The van der Waals surface area contributed by atoms with Crippen LogP contribution < -0.4 is 0 Å². The average Bonchev–Trinajstić information content (AvgIpc) is 2.98. The van der Waals surface area contributed by atoms with E-state index in [9.17, 15) is 9.90 Å². The van der Waals surface area contributed by atoms with E-state index in [4.69, 9.17) is 4.74 Å². The molecule has 2 atom stereocenters. The number of ether oxygens (including phenoxy) is 1. The van der Waals surface area contributed by atoms with Gasteiger partial charge in [0.1, 0.15) is 0 Å². The highest BCUT2D eigenvalue weighted by molar-refractivity contribution is 5.76. The number of carbonyl (C=O) groups is 1. The fourth-order valence-electron chi connectivity index (χ4n) is 3.01. The second-order valence-corrected chi connectivity index (χ2v) is 7.74. The monoisotopic (exact) mass is 312 g/mol. The molecule has 0 bridgehead atoms. The van der Waals surface area contributed by atoms with Crippen molar-refractivity contribution in [3.05, 3.63) is 0 Å². The van der Waals surface area contributed by atoms with Crippen molar-refractivity contribution in [1.29, 1.82) is 0 Å². The molecule has 5 heteroatoms. The van der Waals surface area contributed by atoms with Gasteiger partial charge in [0.2, 0.25) is 5.91 Å². The first-order valence-corrected chi connectivity index (χ1v) is 8.66. The Labute approximate surface area is 134 Å². The molecular formula is C17H32N2O3. The Morgan fingerprint density at radius 3 is 2.50 bits per heavy atom. The molecule has 0 aromatic heterocycles. The maximum absolute atomic E-state index is 12.2. The summed E-state index contributed by atoms with van der Waals surface area (Å²) in [5.41, 5.74) is -0.0891. The highest BCUT2D eigenvalue weighted by atomic mass is 16.5. The summed E-state index contributed by atoms with van der Waals surface area (Å²) in [5.74, 6) is 0.256. The van der Waals surface area contributed by atoms with Crippen LogP contribution in [0.25, 0.3) is 0 Å². The fourth-order valence-corrected chi connectivity index (χ4v) is 3.01. The van der Waals surface area contributed by atoms with E-state index in [1.165, 1.54) is 0 Å². The number of β-amino-alcohol motifs (C(OH)–C–C–N with tert-alkyl or cyclic N) is 1. The molecule has 22 heavy (non-hydrogen) atoms. The number of hydrogen-bond donors (Lipinski definition) is 1. The molecule has 0 aliphatic carbocycles. The zero-order chi connectivity index (χ0) is 16.2. The minimum atomic E-state index is -0.325. The lowest BCUT2D eigenvalue weighted by molar-refractivity contribution is -0.133. The lowest BCUT2D eigenvalue weighted by Gasteiger charge is -2.38. The van der Waals surface area contributed by atoms with Crippen LogP contribution in [0.5, 0.6) is 0 Å². The van der Waals surface area contributed by atoms with Gasteiger partial charge in [0, 0.05) is 45.8 Å². The Kier molecular flexibility index (Phi) is 6.24. The van der Waals surface area contributed by atoms with Crippen molar-refractivity contribution in [2.24, 2.45) is 5.41 Å². The number of aliphatic hydroxyl groups is 1. The highest BCUT2D eigenvalue weighted by Crippen LogP contribution is 2.21. The Bertz CT molecular complexity index is 353. The lowest BCUT2D eigenvalue weighted by atomic mass is 9.89. The van der Waals surface area contributed by atoms with Gasteiger partial charge in [-0.05, 0) is 24.7 Å². The third-order valence-electron chi connectivity index (χ3n) is 4.86. The van der Waals surface area contributed by atoms with E-state index in [-0.39, 0.29) is 17.4 Å². The predicted octanol–water partition coefficient (Wildman–Crippen LogP) is 1.50. The Hall–Kier alpha value is -0.650. The highest BCUT2D eigenvalue weighted by Gasteiger charge is 2.28. The SMILES string of the molecule is CC(C)(C)[C@H](O)CN1CCN(C(=O)CC[C@@H]2CCCO2)CC1. The summed E-state index contributed by atoms with van der Waals surface area (Å²) in [6.45, 7) is 11.0.